The van der Waals surface area contributed by atoms with Gasteiger partial charge in [0.2, 0.25) is 0 Å². The molecular formula is C19H12N6O2. The van der Waals surface area contributed by atoms with Crippen LogP contribution in [0, 0.1) is 0 Å². The molecule has 1 aliphatic heterocycles. The molecule has 0 radical (unpaired) electrons. The predicted molar refractivity (Wildman–Crippen MR) is 96.3 cm³/mol. The van der Waals surface area contributed by atoms with Crippen molar-refractivity contribution in [2.75, 3.05) is 7.05 Å². The smallest absolute Gasteiger partial charge is 0.262 e. The third kappa shape index (κ3) is 2.10. The fourth-order valence-corrected chi connectivity index (χ4v) is 3.25. The molecule has 5 rings (SSSR count). The summed E-state index contributed by atoms with van der Waals surface area (Å²) < 4.78 is 1.58. The van der Waals surface area contributed by atoms with Crippen LogP contribution in [0.1, 0.15) is 20.7 Å². The minimum atomic E-state index is -0.368. The van der Waals surface area contributed by atoms with E-state index in [9.17, 15) is 9.59 Å². The summed E-state index contributed by atoms with van der Waals surface area (Å²) in [4.78, 5) is 39.2. The first-order valence-electron chi connectivity index (χ1n) is 8.22. The molecule has 2 amide bonds. The first-order valence-corrected chi connectivity index (χ1v) is 8.22. The number of carbonyl (C=O) groups is 2. The van der Waals surface area contributed by atoms with Crippen molar-refractivity contribution in [3.8, 4) is 17.1 Å². The molecule has 4 aromatic rings. The Kier molecular flexibility index (Phi) is 3.14. The number of pyridine rings is 3. The van der Waals surface area contributed by atoms with Crippen molar-refractivity contribution in [1.82, 2.24) is 29.6 Å². The van der Waals surface area contributed by atoms with Crippen molar-refractivity contribution in [1.29, 1.82) is 0 Å². The minimum absolute atomic E-state index is 0.278. The summed E-state index contributed by atoms with van der Waals surface area (Å²) in [6, 6.07) is 9.08. The quantitative estimate of drug-likeness (QED) is 0.511. The number of hydrogen-bond donors (Lipinski definition) is 0. The van der Waals surface area contributed by atoms with Gasteiger partial charge in [0.1, 0.15) is 5.69 Å². The average Bonchev–Trinajstić information content (AvgIpc) is 3.21. The molecule has 8 heteroatoms. The number of nitrogens with zero attached hydrogens (tertiary/aromatic N) is 6. The fraction of sp³-hybridized carbons (Fsp3) is 0.0526. The van der Waals surface area contributed by atoms with Crippen molar-refractivity contribution >= 4 is 22.8 Å². The molecule has 130 valence electrons. The Morgan fingerprint density at radius 3 is 2.56 bits per heavy atom. The van der Waals surface area contributed by atoms with E-state index in [1.807, 2.05) is 12.1 Å². The van der Waals surface area contributed by atoms with E-state index in [1.165, 1.54) is 13.2 Å². The lowest BCUT2D eigenvalue weighted by atomic mass is 10.0. The largest absolute Gasteiger partial charge is 0.277 e. The highest BCUT2D eigenvalue weighted by molar-refractivity contribution is 6.27. The Morgan fingerprint density at radius 2 is 1.81 bits per heavy atom. The van der Waals surface area contributed by atoms with Crippen LogP contribution >= 0.6 is 0 Å². The van der Waals surface area contributed by atoms with Gasteiger partial charge < -0.3 is 0 Å². The SMILES string of the molecule is CN1C(=O)c2cnc3c(c(-c4cccnc4)nn3-c3ccccn3)c2C1=O. The van der Waals surface area contributed by atoms with E-state index in [0.29, 0.717) is 28.1 Å². The van der Waals surface area contributed by atoms with Gasteiger partial charge in [-0.2, -0.15) is 9.78 Å². The van der Waals surface area contributed by atoms with Gasteiger partial charge in [-0.05, 0) is 24.3 Å². The monoisotopic (exact) mass is 356 g/mol. The molecule has 1 aliphatic rings. The van der Waals surface area contributed by atoms with Crippen molar-refractivity contribution < 1.29 is 9.59 Å². The van der Waals surface area contributed by atoms with E-state index >= 15 is 0 Å². The van der Waals surface area contributed by atoms with Crippen LogP contribution in [-0.4, -0.2) is 48.5 Å². The van der Waals surface area contributed by atoms with Crippen molar-refractivity contribution in [2.45, 2.75) is 0 Å². The Bertz CT molecular complexity index is 1220. The van der Waals surface area contributed by atoms with Crippen LogP contribution < -0.4 is 0 Å². The van der Waals surface area contributed by atoms with Crippen LogP contribution in [0.4, 0.5) is 0 Å². The second-order valence-electron chi connectivity index (χ2n) is 6.10. The number of rotatable bonds is 2. The van der Waals surface area contributed by atoms with Crippen LogP contribution in [0.2, 0.25) is 0 Å². The highest BCUT2D eigenvalue weighted by Gasteiger charge is 2.37. The Hall–Kier alpha value is -3.94. The fourth-order valence-electron chi connectivity index (χ4n) is 3.25. The maximum Gasteiger partial charge on any atom is 0.262 e. The van der Waals surface area contributed by atoms with Gasteiger partial charge in [0.25, 0.3) is 11.8 Å². The zero-order valence-electron chi connectivity index (χ0n) is 14.2. The lowest BCUT2D eigenvalue weighted by Crippen LogP contribution is -2.24. The van der Waals surface area contributed by atoms with Gasteiger partial charge in [-0.3, -0.25) is 19.5 Å². The first-order chi connectivity index (χ1) is 13.2. The van der Waals surface area contributed by atoms with Crippen molar-refractivity contribution in [2.24, 2.45) is 0 Å². The summed E-state index contributed by atoms with van der Waals surface area (Å²) >= 11 is 0. The third-order valence-corrected chi connectivity index (χ3v) is 4.55. The lowest BCUT2D eigenvalue weighted by Gasteiger charge is -2.03. The molecule has 0 spiro atoms. The lowest BCUT2D eigenvalue weighted by molar-refractivity contribution is 0.0693. The molecule has 0 N–H and O–H groups in total. The topological polar surface area (TPSA) is 93.9 Å². The molecule has 0 atom stereocenters. The van der Waals surface area contributed by atoms with Crippen LogP contribution in [-0.2, 0) is 0 Å². The number of fused-ring (bicyclic) bond motifs is 3. The van der Waals surface area contributed by atoms with Gasteiger partial charge >= 0.3 is 0 Å². The number of amides is 2. The van der Waals surface area contributed by atoms with Crippen LogP contribution in [0.3, 0.4) is 0 Å². The first kappa shape index (κ1) is 15.3. The number of carbonyl (C=O) groups excluding carboxylic acids is 2. The molecule has 0 unspecified atom stereocenters. The van der Waals surface area contributed by atoms with E-state index in [0.717, 1.165) is 10.5 Å². The van der Waals surface area contributed by atoms with E-state index in [-0.39, 0.29) is 17.4 Å². The normalized spacial score (nSPS) is 13.4. The van der Waals surface area contributed by atoms with E-state index in [4.69, 9.17) is 0 Å². The number of hydrogen-bond acceptors (Lipinski definition) is 6. The molecule has 0 aliphatic carbocycles. The maximum atomic E-state index is 12.8. The van der Waals surface area contributed by atoms with Crippen molar-refractivity contribution in [3.63, 3.8) is 0 Å². The number of aromatic nitrogens is 5. The van der Waals surface area contributed by atoms with Gasteiger partial charge in [-0.25, -0.2) is 9.97 Å². The molecule has 0 aromatic carbocycles. The number of imide groups is 1. The van der Waals surface area contributed by atoms with Gasteiger partial charge in [-0.1, -0.05) is 6.07 Å². The summed E-state index contributed by atoms with van der Waals surface area (Å²) in [7, 11) is 1.46. The second-order valence-corrected chi connectivity index (χ2v) is 6.10. The van der Waals surface area contributed by atoms with E-state index in [1.54, 1.807) is 41.5 Å². The Labute approximate surface area is 153 Å². The standard InChI is InChI=1S/C19H12N6O2/c1-24-18(26)12-10-22-17-15(14(12)19(24)27)16(11-5-4-7-20-9-11)23-25(17)13-6-2-3-8-21-13/h2-10H,1H3. The summed E-state index contributed by atoms with van der Waals surface area (Å²) in [6.45, 7) is 0. The molecular weight excluding hydrogens is 344 g/mol. The molecule has 0 fully saturated rings. The van der Waals surface area contributed by atoms with Gasteiger partial charge in [-0.15, -0.1) is 0 Å². The molecule has 8 nitrogen and oxygen atoms in total. The van der Waals surface area contributed by atoms with Gasteiger partial charge in [0.05, 0.1) is 16.5 Å². The zero-order valence-corrected chi connectivity index (χ0v) is 14.2. The molecule has 4 aromatic heterocycles. The highest BCUT2D eigenvalue weighted by Crippen LogP contribution is 2.35. The molecule has 0 bridgehead atoms. The van der Waals surface area contributed by atoms with E-state index < -0.39 is 0 Å². The van der Waals surface area contributed by atoms with Crippen molar-refractivity contribution in [3.05, 3.63) is 66.2 Å². The summed E-state index contributed by atoms with van der Waals surface area (Å²) in [5, 5.41) is 5.18. The van der Waals surface area contributed by atoms with Crippen LogP contribution in [0.25, 0.3) is 28.1 Å². The minimum Gasteiger partial charge on any atom is -0.277 e. The third-order valence-electron chi connectivity index (χ3n) is 4.55. The average molecular weight is 356 g/mol. The predicted octanol–water partition coefficient (Wildman–Crippen LogP) is 2.10. The maximum absolute atomic E-state index is 12.8. The molecule has 0 saturated heterocycles. The Morgan fingerprint density at radius 1 is 0.926 bits per heavy atom. The highest BCUT2D eigenvalue weighted by atomic mass is 16.2. The van der Waals surface area contributed by atoms with Crippen LogP contribution in [0.5, 0.6) is 0 Å². The van der Waals surface area contributed by atoms with Gasteiger partial charge in [0.15, 0.2) is 11.5 Å². The molecule has 0 saturated carbocycles. The molecule has 27 heavy (non-hydrogen) atoms. The molecule has 5 heterocycles. The second kappa shape index (κ2) is 5.53. The zero-order chi connectivity index (χ0) is 18.5. The van der Waals surface area contributed by atoms with E-state index in [2.05, 4.69) is 20.1 Å². The summed E-state index contributed by atoms with van der Waals surface area (Å²) in [5.41, 5.74) is 2.31. The van der Waals surface area contributed by atoms with Gasteiger partial charge in [0, 0.05) is 37.4 Å². The summed E-state index contributed by atoms with van der Waals surface area (Å²) in [5.74, 6) is -0.171. The Balaban J connectivity index is 1.92. The summed E-state index contributed by atoms with van der Waals surface area (Å²) in [6.07, 6.45) is 6.40. The van der Waals surface area contributed by atoms with Crippen LogP contribution in [0.15, 0.2) is 55.1 Å².